The lowest BCUT2D eigenvalue weighted by molar-refractivity contribution is -0.137. The van der Waals surface area contributed by atoms with Crippen LogP contribution in [0.15, 0.2) is 54.9 Å². The first-order valence-electron chi connectivity index (χ1n) is 6.26. The smallest absolute Gasteiger partial charge is 0.416 e. The van der Waals surface area contributed by atoms with E-state index >= 15 is 0 Å². The van der Waals surface area contributed by atoms with Crippen molar-refractivity contribution in [3.8, 4) is 5.75 Å². The van der Waals surface area contributed by atoms with Gasteiger partial charge in [-0.1, -0.05) is 12.1 Å². The largest absolute Gasteiger partial charge is 0.436 e. The molecule has 0 amide bonds. The van der Waals surface area contributed by atoms with E-state index in [1.165, 1.54) is 30.9 Å². The van der Waals surface area contributed by atoms with Crippen LogP contribution in [0.3, 0.4) is 0 Å². The van der Waals surface area contributed by atoms with E-state index < -0.39 is 17.8 Å². The Kier molecular flexibility index (Phi) is 3.68. The maximum absolute atomic E-state index is 12.5. The van der Waals surface area contributed by atoms with Gasteiger partial charge in [-0.2, -0.15) is 13.2 Å². The number of halogens is 3. The van der Waals surface area contributed by atoms with Crippen LogP contribution >= 0.6 is 0 Å². The molecular weight excluding hydrogens is 299 g/mol. The molecule has 2 heterocycles. The van der Waals surface area contributed by atoms with Crippen molar-refractivity contribution in [1.82, 2.24) is 15.4 Å². The number of hydrogen-bond donors (Lipinski definition) is 1. The highest BCUT2D eigenvalue weighted by atomic mass is 19.4. The third-order valence-corrected chi connectivity index (χ3v) is 2.92. The van der Waals surface area contributed by atoms with Crippen LogP contribution in [0, 0.1) is 0 Å². The SMILES string of the molecule is FC(F)(F)c1ccc([C@@H]2C=C(Oc3cncnc3)NO2)cc1. The van der Waals surface area contributed by atoms with Crippen LogP contribution in [0.1, 0.15) is 17.2 Å². The fraction of sp³-hybridized carbons (Fsp3) is 0.143. The third-order valence-electron chi connectivity index (χ3n) is 2.92. The van der Waals surface area contributed by atoms with Crippen LogP contribution in [-0.2, 0) is 11.0 Å². The molecule has 0 unspecified atom stereocenters. The number of hydrogen-bond acceptors (Lipinski definition) is 5. The lowest BCUT2D eigenvalue weighted by Crippen LogP contribution is -2.12. The summed E-state index contributed by atoms with van der Waals surface area (Å²) in [7, 11) is 0. The van der Waals surface area contributed by atoms with Crippen molar-refractivity contribution in [2.45, 2.75) is 12.3 Å². The highest BCUT2D eigenvalue weighted by Crippen LogP contribution is 2.31. The van der Waals surface area contributed by atoms with Gasteiger partial charge < -0.3 is 4.74 Å². The molecule has 1 aliphatic rings. The van der Waals surface area contributed by atoms with Crippen LogP contribution in [0.4, 0.5) is 13.2 Å². The zero-order chi connectivity index (χ0) is 15.6. The molecule has 1 aromatic heterocycles. The number of nitrogens with one attached hydrogen (secondary N) is 1. The molecule has 0 spiro atoms. The molecule has 22 heavy (non-hydrogen) atoms. The van der Waals surface area contributed by atoms with E-state index in [1.807, 2.05) is 0 Å². The average Bonchev–Trinajstić information content (AvgIpc) is 2.96. The first kappa shape index (κ1) is 14.3. The number of hydroxylamine groups is 1. The van der Waals surface area contributed by atoms with E-state index in [0.29, 0.717) is 17.2 Å². The average molecular weight is 309 g/mol. The zero-order valence-corrected chi connectivity index (χ0v) is 11.0. The molecule has 3 rings (SSSR count). The minimum atomic E-state index is -4.36. The molecule has 0 aliphatic carbocycles. The number of aromatic nitrogens is 2. The van der Waals surface area contributed by atoms with Crippen molar-refractivity contribution in [1.29, 1.82) is 0 Å². The molecule has 0 saturated heterocycles. The highest BCUT2D eigenvalue weighted by Gasteiger charge is 2.30. The van der Waals surface area contributed by atoms with Crippen LogP contribution < -0.4 is 10.2 Å². The second kappa shape index (κ2) is 5.64. The second-order valence-electron chi connectivity index (χ2n) is 4.47. The second-order valence-corrected chi connectivity index (χ2v) is 4.47. The minimum Gasteiger partial charge on any atom is -0.436 e. The minimum absolute atomic E-state index is 0.319. The Balaban J connectivity index is 1.71. The summed E-state index contributed by atoms with van der Waals surface area (Å²) in [5, 5.41) is 0. The molecule has 1 N–H and O–H groups in total. The molecule has 1 aliphatic heterocycles. The molecule has 5 nitrogen and oxygen atoms in total. The summed E-state index contributed by atoms with van der Waals surface area (Å²) in [6.45, 7) is 0. The van der Waals surface area contributed by atoms with Crippen molar-refractivity contribution >= 4 is 0 Å². The number of rotatable bonds is 3. The van der Waals surface area contributed by atoms with Gasteiger partial charge in [0.1, 0.15) is 12.4 Å². The Morgan fingerprint density at radius 1 is 1.09 bits per heavy atom. The lowest BCUT2D eigenvalue weighted by Gasteiger charge is -2.10. The maximum atomic E-state index is 12.5. The van der Waals surface area contributed by atoms with Gasteiger partial charge in [0.15, 0.2) is 5.75 Å². The molecule has 114 valence electrons. The van der Waals surface area contributed by atoms with E-state index in [9.17, 15) is 13.2 Å². The predicted octanol–water partition coefficient (Wildman–Crippen LogP) is 2.99. The van der Waals surface area contributed by atoms with Crippen LogP contribution in [0.5, 0.6) is 5.75 Å². The van der Waals surface area contributed by atoms with Crippen molar-refractivity contribution in [3.63, 3.8) is 0 Å². The normalized spacial score (nSPS) is 17.8. The lowest BCUT2D eigenvalue weighted by atomic mass is 10.1. The van der Waals surface area contributed by atoms with E-state index in [2.05, 4.69) is 15.4 Å². The number of benzene rings is 1. The maximum Gasteiger partial charge on any atom is 0.416 e. The molecule has 1 aromatic carbocycles. The first-order valence-corrected chi connectivity index (χ1v) is 6.26. The molecular formula is C14H10F3N3O2. The van der Waals surface area contributed by atoms with Gasteiger partial charge in [0.25, 0.3) is 0 Å². The van der Waals surface area contributed by atoms with Gasteiger partial charge in [-0.05, 0) is 17.7 Å². The molecule has 0 radical (unpaired) electrons. The molecule has 0 bridgehead atoms. The van der Waals surface area contributed by atoms with Crippen molar-refractivity contribution in [2.24, 2.45) is 0 Å². The number of nitrogens with zero attached hydrogens (tertiary/aromatic N) is 2. The predicted molar refractivity (Wildman–Crippen MR) is 69.1 cm³/mol. The fourth-order valence-corrected chi connectivity index (χ4v) is 1.87. The summed E-state index contributed by atoms with van der Waals surface area (Å²) in [5.41, 5.74) is 2.43. The van der Waals surface area contributed by atoms with Crippen molar-refractivity contribution in [2.75, 3.05) is 0 Å². The van der Waals surface area contributed by atoms with Gasteiger partial charge in [-0.25, -0.2) is 15.4 Å². The Bertz CT molecular complexity index is 672. The van der Waals surface area contributed by atoms with E-state index in [1.54, 1.807) is 6.08 Å². The van der Waals surface area contributed by atoms with Crippen LogP contribution in [0.25, 0.3) is 0 Å². The molecule has 8 heteroatoms. The molecule has 0 fully saturated rings. The Morgan fingerprint density at radius 2 is 1.77 bits per heavy atom. The molecule has 2 aromatic rings. The topological polar surface area (TPSA) is 56.3 Å². The Labute approximate surface area is 123 Å². The number of ether oxygens (including phenoxy) is 1. The Hall–Kier alpha value is -2.61. The summed E-state index contributed by atoms with van der Waals surface area (Å²) in [4.78, 5) is 12.9. The van der Waals surface area contributed by atoms with E-state index in [4.69, 9.17) is 9.57 Å². The van der Waals surface area contributed by atoms with E-state index in [-0.39, 0.29) is 0 Å². The van der Waals surface area contributed by atoms with Crippen LogP contribution in [0.2, 0.25) is 0 Å². The van der Waals surface area contributed by atoms with Gasteiger partial charge in [-0.3, -0.25) is 4.84 Å². The van der Waals surface area contributed by atoms with Crippen molar-refractivity contribution in [3.05, 3.63) is 66.1 Å². The molecule has 0 saturated carbocycles. The monoisotopic (exact) mass is 309 g/mol. The summed E-state index contributed by atoms with van der Waals surface area (Å²) in [5.74, 6) is 0.734. The first-order chi connectivity index (χ1) is 10.5. The van der Waals surface area contributed by atoms with Gasteiger partial charge >= 0.3 is 6.18 Å². The summed E-state index contributed by atoms with van der Waals surface area (Å²) in [6, 6.07) is 4.74. The standard InChI is InChI=1S/C14H10F3N3O2/c15-14(16,17)10-3-1-9(2-4-10)12-5-13(20-22-12)21-11-6-18-8-19-7-11/h1-8,12,20H/t12-/m0/s1. The Morgan fingerprint density at radius 3 is 2.41 bits per heavy atom. The number of alkyl halides is 3. The molecule has 1 atom stereocenters. The van der Waals surface area contributed by atoms with Gasteiger partial charge in [0, 0.05) is 6.08 Å². The van der Waals surface area contributed by atoms with Gasteiger partial charge in [-0.15, -0.1) is 0 Å². The zero-order valence-electron chi connectivity index (χ0n) is 11.0. The van der Waals surface area contributed by atoms with Gasteiger partial charge in [0.2, 0.25) is 5.88 Å². The van der Waals surface area contributed by atoms with Gasteiger partial charge in [0.05, 0.1) is 18.0 Å². The quantitative estimate of drug-likeness (QED) is 0.944. The van der Waals surface area contributed by atoms with Crippen LogP contribution in [-0.4, -0.2) is 9.97 Å². The third kappa shape index (κ3) is 3.17. The highest BCUT2D eigenvalue weighted by molar-refractivity contribution is 5.29. The van der Waals surface area contributed by atoms with Crippen molar-refractivity contribution < 1.29 is 22.7 Å². The van der Waals surface area contributed by atoms with E-state index in [0.717, 1.165) is 12.1 Å². The summed E-state index contributed by atoms with van der Waals surface area (Å²) >= 11 is 0. The fourth-order valence-electron chi connectivity index (χ4n) is 1.87. The summed E-state index contributed by atoms with van der Waals surface area (Å²) in [6.07, 6.45) is 1.02. The summed E-state index contributed by atoms with van der Waals surface area (Å²) < 4.78 is 43.0.